The minimum Gasteiger partial charge on any atom is -0.496 e. The Hall–Kier alpha value is -3.42. The second-order valence-corrected chi connectivity index (χ2v) is 9.51. The molecule has 2 aromatic heterocycles. The lowest BCUT2D eigenvalue weighted by molar-refractivity contribution is 0.0929. The van der Waals surface area contributed by atoms with Crippen LogP contribution in [0.15, 0.2) is 60.7 Å². The molecule has 0 bridgehead atoms. The maximum Gasteiger partial charge on any atom is 0.270 e. The Kier molecular flexibility index (Phi) is 8.79. The third-order valence-corrected chi connectivity index (χ3v) is 6.82. The highest BCUT2D eigenvalue weighted by Crippen LogP contribution is 2.30. The average molecular weight is 520 g/mol. The number of nitrogens with zero attached hydrogens (tertiary/aromatic N) is 4. The van der Waals surface area contributed by atoms with Gasteiger partial charge in [0.25, 0.3) is 5.91 Å². The summed E-state index contributed by atoms with van der Waals surface area (Å²) in [6, 6.07) is 18.8. The normalized spacial score (nSPS) is 12.2. The van der Waals surface area contributed by atoms with Crippen LogP contribution in [0.1, 0.15) is 44.1 Å². The van der Waals surface area contributed by atoms with Crippen molar-refractivity contribution in [3.63, 3.8) is 0 Å². The molecule has 194 valence electrons. The fourth-order valence-electron chi connectivity index (χ4n) is 4.42. The first kappa shape index (κ1) is 26.6. The highest BCUT2D eigenvalue weighted by molar-refractivity contribution is 6.30. The van der Waals surface area contributed by atoms with Crippen LogP contribution in [0.3, 0.4) is 0 Å². The van der Waals surface area contributed by atoms with Gasteiger partial charge < -0.3 is 15.0 Å². The summed E-state index contributed by atoms with van der Waals surface area (Å²) in [5.74, 6) is 0.498. The number of hydrogen-bond acceptors (Lipinski definition) is 5. The molecule has 2 aromatic carbocycles. The molecule has 0 saturated heterocycles. The first-order chi connectivity index (χ1) is 17.9. The minimum atomic E-state index is -0.190. The summed E-state index contributed by atoms with van der Waals surface area (Å²) < 4.78 is 7.18. The van der Waals surface area contributed by atoms with E-state index in [2.05, 4.69) is 24.1 Å². The van der Waals surface area contributed by atoms with Gasteiger partial charge in [-0.2, -0.15) is 5.10 Å². The summed E-state index contributed by atoms with van der Waals surface area (Å²) in [6.07, 6.45) is 1.91. The minimum absolute atomic E-state index is 0.0206. The molecule has 8 heteroatoms. The van der Waals surface area contributed by atoms with Crippen molar-refractivity contribution in [3.05, 3.63) is 71.4 Å². The van der Waals surface area contributed by atoms with E-state index in [-0.39, 0.29) is 11.9 Å². The third-order valence-electron chi connectivity index (χ3n) is 6.57. The zero-order chi connectivity index (χ0) is 26.4. The lowest BCUT2D eigenvalue weighted by atomic mass is 10.1. The van der Waals surface area contributed by atoms with Crippen molar-refractivity contribution in [3.8, 4) is 28.3 Å². The van der Waals surface area contributed by atoms with Gasteiger partial charge in [0.15, 0.2) is 5.65 Å². The number of benzene rings is 2. The second kappa shape index (κ2) is 12.2. The fraction of sp³-hybridized carbons (Fsp3) is 0.345. The van der Waals surface area contributed by atoms with Crippen LogP contribution in [0.25, 0.3) is 28.2 Å². The predicted molar refractivity (Wildman–Crippen MR) is 149 cm³/mol. The van der Waals surface area contributed by atoms with Gasteiger partial charge in [0.2, 0.25) is 0 Å². The molecule has 37 heavy (non-hydrogen) atoms. The van der Waals surface area contributed by atoms with E-state index in [1.807, 2.05) is 61.5 Å². The standard InChI is InChI=1S/C29H34ClN5O2/c1-5-34(6-2)17-9-10-20(3)31-29(36)26-18-25(23-11-7-8-12-27(23)37-4)32-28-19-24(33-35(26)28)21-13-15-22(30)16-14-21/h7-8,11-16,18-20H,5-6,9-10,17H2,1-4H3,(H,31,36). The molecular formula is C29H34ClN5O2. The molecule has 1 amide bonds. The molecule has 0 radical (unpaired) electrons. The summed E-state index contributed by atoms with van der Waals surface area (Å²) in [5, 5.41) is 8.56. The first-order valence-electron chi connectivity index (χ1n) is 12.8. The van der Waals surface area contributed by atoms with E-state index in [1.165, 1.54) is 0 Å². The number of halogens is 1. The Labute approximate surface area is 223 Å². The summed E-state index contributed by atoms with van der Waals surface area (Å²) in [5.41, 5.74) is 4.05. The summed E-state index contributed by atoms with van der Waals surface area (Å²) in [6.45, 7) is 9.48. The quantitative estimate of drug-likeness (QED) is 0.264. The smallest absolute Gasteiger partial charge is 0.270 e. The van der Waals surface area contributed by atoms with Crippen molar-refractivity contribution >= 4 is 23.2 Å². The number of ether oxygens (including phenoxy) is 1. The number of rotatable bonds is 11. The maximum absolute atomic E-state index is 13.5. The SMILES string of the molecule is CCN(CC)CCCC(C)NC(=O)c1cc(-c2ccccc2OC)nc2cc(-c3ccc(Cl)cc3)nn12. The number of carbonyl (C=O) groups excluding carboxylic acids is 1. The Balaban J connectivity index is 1.68. The van der Waals surface area contributed by atoms with Gasteiger partial charge in [-0.3, -0.25) is 4.79 Å². The molecule has 4 rings (SSSR count). The zero-order valence-electron chi connectivity index (χ0n) is 21.9. The topological polar surface area (TPSA) is 71.8 Å². The molecular weight excluding hydrogens is 486 g/mol. The van der Waals surface area contributed by atoms with Crippen LogP contribution >= 0.6 is 11.6 Å². The van der Waals surface area contributed by atoms with Crippen molar-refractivity contribution < 1.29 is 9.53 Å². The van der Waals surface area contributed by atoms with Gasteiger partial charge in [0, 0.05) is 28.3 Å². The van der Waals surface area contributed by atoms with Crippen LogP contribution in [-0.2, 0) is 0 Å². The lowest BCUT2D eigenvalue weighted by Crippen LogP contribution is -2.35. The van der Waals surface area contributed by atoms with Crippen LogP contribution in [0.4, 0.5) is 0 Å². The molecule has 0 spiro atoms. The van der Waals surface area contributed by atoms with Crippen molar-refractivity contribution in [1.29, 1.82) is 0 Å². The van der Waals surface area contributed by atoms with Crippen molar-refractivity contribution in [1.82, 2.24) is 24.8 Å². The van der Waals surface area contributed by atoms with Crippen molar-refractivity contribution in [2.24, 2.45) is 0 Å². The Morgan fingerprint density at radius 3 is 2.51 bits per heavy atom. The van der Waals surface area contributed by atoms with Gasteiger partial charge in [-0.15, -0.1) is 0 Å². The van der Waals surface area contributed by atoms with Crippen molar-refractivity contribution in [2.45, 2.75) is 39.7 Å². The van der Waals surface area contributed by atoms with Gasteiger partial charge in [-0.05, 0) is 69.7 Å². The molecule has 2 heterocycles. The van der Waals surface area contributed by atoms with Crippen LogP contribution in [0, 0.1) is 0 Å². The second-order valence-electron chi connectivity index (χ2n) is 9.08. The number of para-hydroxylation sites is 1. The molecule has 0 aliphatic rings. The number of carbonyl (C=O) groups is 1. The summed E-state index contributed by atoms with van der Waals surface area (Å²) in [7, 11) is 1.63. The number of methoxy groups -OCH3 is 1. The van der Waals surface area contributed by atoms with E-state index in [4.69, 9.17) is 26.4 Å². The molecule has 0 fully saturated rings. The molecule has 1 atom stereocenters. The molecule has 4 aromatic rings. The molecule has 0 saturated carbocycles. The van der Waals surface area contributed by atoms with Crippen LogP contribution < -0.4 is 10.1 Å². The van der Waals surface area contributed by atoms with E-state index in [1.54, 1.807) is 17.7 Å². The monoisotopic (exact) mass is 519 g/mol. The van der Waals surface area contributed by atoms with Crippen LogP contribution in [0.2, 0.25) is 5.02 Å². The number of nitrogens with one attached hydrogen (secondary N) is 1. The van der Waals surface area contributed by atoms with Gasteiger partial charge >= 0.3 is 0 Å². The van der Waals surface area contributed by atoms with Gasteiger partial charge in [0.05, 0.1) is 18.5 Å². The van der Waals surface area contributed by atoms with Gasteiger partial charge in [-0.25, -0.2) is 9.50 Å². The Morgan fingerprint density at radius 2 is 1.81 bits per heavy atom. The van der Waals surface area contributed by atoms with E-state index in [9.17, 15) is 4.79 Å². The molecule has 7 nitrogen and oxygen atoms in total. The highest BCUT2D eigenvalue weighted by Gasteiger charge is 2.20. The first-order valence-corrected chi connectivity index (χ1v) is 13.1. The van der Waals surface area contributed by atoms with Crippen molar-refractivity contribution in [2.75, 3.05) is 26.7 Å². The Morgan fingerprint density at radius 1 is 1.08 bits per heavy atom. The fourth-order valence-corrected chi connectivity index (χ4v) is 4.55. The average Bonchev–Trinajstić information content (AvgIpc) is 3.35. The van der Waals surface area contributed by atoms with E-state index < -0.39 is 0 Å². The van der Waals surface area contributed by atoms with Gasteiger partial charge in [-0.1, -0.05) is 49.7 Å². The number of amides is 1. The molecule has 0 aliphatic carbocycles. The van der Waals surface area contributed by atoms with Crippen LogP contribution in [0.5, 0.6) is 5.75 Å². The maximum atomic E-state index is 13.5. The summed E-state index contributed by atoms with van der Waals surface area (Å²) >= 11 is 6.07. The third kappa shape index (κ3) is 6.29. The summed E-state index contributed by atoms with van der Waals surface area (Å²) in [4.78, 5) is 20.8. The highest BCUT2D eigenvalue weighted by atomic mass is 35.5. The predicted octanol–water partition coefficient (Wildman–Crippen LogP) is 5.97. The van der Waals surface area contributed by atoms with E-state index >= 15 is 0 Å². The number of aromatic nitrogens is 3. The molecule has 1 unspecified atom stereocenters. The van der Waals surface area contributed by atoms with E-state index in [0.29, 0.717) is 33.5 Å². The largest absolute Gasteiger partial charge is 0.496 e. The van der Waals surface area contributed by atoms with Gasteiger partial charge in [0.1, 0.15) is 11.4 Å². The number of hydrogen-bond donors (Lipinski definition) is 1. The molecule has 0 aliphatic heterocycles. The number of fused-ring (bicyclic) bond motifs is 1. The molecule has 1 N–H and O–H groups in total. The lowest BCUT2D eigenvalue weighted by Gasteiger charge is -2.20. The Bertz CT molecular complexity index is 1350. The van der Waals surface area contributed by atoms with E-state index in [0.717, 1.165) is 43.6 Å². The van der Waals surface area contributed by atoms with Crippen LogP contribution in [-0.4, -0.2) is 58.2 Å². The zero-order valence-corrected chi connectivity index (χ0v) is 22.6.